The number of nitrogens with zero attached hydrogens (tertiary/aromatic N) is 1. The topological polar surface area (TPSA) is 51.2 Å². The third kappa shape index (κ3) is 3.67. The second-order valence-electron chi connectivity index (χ2n) is 3.68. The van der Waals surface area contributed by atoms with Crippen molar-refractivity contribution in [3.63, 3.8) is 0 Å². The molecule has 1 aliphatic rings. The molecule has 80 valence electrons. The van der Waals surface area contributed by atoms with Gasteiger partial charge in [-0.25, -0.2) is 0 Å². The average Bonchev–Trinajstić information content (AvgIpc) is 3.09. The van der Waals surface area contributed by atoms with Gasteiger partial charge in [0.2, 0.25) is 0 Å². The van der Waals surface area contributed by atoms with Gasteiger partial charge in [-0.15, -0.1) is 0 Å². The van der Waals surface area contributed by atoms with Crippen molar-refractivity contribution >= 4 is 5.97 Å². The first-order valence-electron chi connectivity index (χ1n) is 5.12. The summed E-state index contributed by atoms with van der Waals surface area (Å²) < 4.78 is 5.06. The van der Waals surface area contributed by atoms with Crippen molar-refractivity contribution in [1.82, 2.24) is 10.3 Å². The zero-order valence-corrected chi connectivity index (χ0v) is 8.48. The summed E-state index contributed by atoms with van der Waals surface area (Å²) in [5.74, 6) is -0.203. The van der Waals surface area contributed by atoms with Gasteiger partial charge in [0.1, 0.15) is 6.61 Å². The molecule has 0 saturated heterocycles. The van der Waals surface area contributed by atoms with Gasteiger partial charge in [-0.05, 0) is 18.9 Å². The number of nitrogens with one attached hydrogen (secondary N) is 1. The first-order valence-corrected chi connectivity index (χ1v) is 5.12. The van der Waals surface area contributed by atoms with Crippen LogP contribution >= 0.6 is 0 Å². The third-order valence-corrected chi connectivity index (χ3v) is 2.24. The van der Waals surface area contributed by atoms with Crippen molar-refractivity contribution in [2.45, 2.75) is 25.5 Å². The summed E-state index contributed by atoms with van der Waals surface area (Å²) in [7, 11) is 0. The van der Waals surface area contributed by atoms with Crippen molar-refractivity contribution in [3.05, 3.63) is 30.1 Å². The average molecular weight is 206 g/mol. The van der Waals surface area contributed by atoms with E-state index >= 15 is 0 Å². The fourth-order valence-electron chi connectivity index (χ4n) is 1.21. The third-order valence-electron chi connectivity index (χ3n) is 2.24. The van der Waals surface area contributed by atoms with Gasteiger partial charge in [-0.2, -0.15) is 0 Å². The molecule has 0 aliphatic heterocycles. The quantitative estimate of drug-likeness (QED) is 0.726. The molecule has 0 bridgehead atoms. The Labute approximate surface area is 88.7 Å². The Morgan fingerprint density at radius 3 is 3.13 bits per heavy atom. The number of aromatic nitrogens is 1. The van der Waals surface area contributed by atoms with E-state index in [0.29, 0.717) is 19.2 Å². The van der Waals surface area contributed by atoms with Crippen LogP contribution in [0.25, 0.3) is 0 Å². The van der Waals surface area contributed by atoms with E-state index in [-0.39, 0.29) is 5.97 Å². The monoisotopic (exact) mass is 206 g/mol. The number of pyridine rings is 1. The van der Waals surface area contributed by atoms with Crippen LogP contribution in [0, 0.1) is 0 Å². The smallest absolute Gasteiger partial charge is 0.320 e. The molecular formula is C11H14N2O2. The molecule has 1 fully saturated rings. The largest absolute Gasteiger partial charge is 0.460 e. The first-order chi connectivity index (χ1) is 7.34. The van der Waals surface area contributed by atoms with Crippen LogP contribution in [0.1, 0.15) is 18.4 Å². The van der Waals surface area contributed by atoms with Gasteiger partial charge in [0, 0.05) is 24.0 Å². The maximum atomic E-state index is 11.2. The lowest BCUT2D eigenvalue weighted by molar-refractivity contribution is -0.143. The van der Waals surface area contributed by atoms with Gasteiger partial charge < -0.3 is 10.1 Å². The summed E-state index contributed by atoms with van der Waals surface area (Å²) in [6.07, 6.45) is 5.74. The number of ether oxygens (including phenoxy) is 1. The predicted molar refractivity (Wildman–Crippen MR) is 55.1 cm³/mol. The summed E-state index contributed by atoms with van der Waals surface area (Å²) in [4.78, 5) is 15.2. The van der Waals surface area contributed by atoms with Gasteiger partial charge in [-0.1, -0.05) is 6.07 Å². The van der Waals surface area contributed by atoms with E-state index in [0.717, 1.165) is 5.56 Å². The van der Waals surface area contributed by atoms with E-state index in [9.17, 15) is 4.79 Å². The van der Waals surface area contributed by atoms with Crippen molar-refractivity contribution in [3.8, 4) is 0 Å². The zero-order chi connectivity index (χ0) is 10.5. The Hall–Kier alpha value is -1.42. The summed E-state index contributed by atoms with van der Waals surface area (Å²) in [6, 6.07) is 4.25. The molecule has 1 aliphatic carbocycles. The van der Waals surface area contributed by atoms with Crippen molar-refractivity contribution < 1.29 is 9.53 Å². The number of hydrogen-bond acceptors (Lipinski definition) is 4. The molecule has 0 atom stereocenters. The van der Waals surface area contributed by atoms with E-state index in [2.05, 4.69) is 10.3 Å². The van der Waals surface area contributed by atoms with Gasteiger partial charge in [-0.3, -0.25) is 9.78 Å². The van der Waals surface area contributed by atoms with Crippen LogP contribution in [0.3, 0.4) is 0 Å². The standard InChI is InChI=1S/C11H14N2O2/c14-11(7-13-10-3-4-10)15-8-9-2-1-5-12-6-9/h1-2,5-6,10,13H,3-4,7-8H2. The Balaban J connectivity index is 1.66. The van der Waals surface area contributed by atoms with Crippen molar-refractivity contribution in [2.24, 2.45) is 0 Å². The molecule has 4 nitrogen and oxygen atoms in total. The minimum Gasteiger partial charge on any atom is -0.460 e. The maximum absolute atomic E-state index is 11.2. The van der Waals surface area contributed by atoms with Gasteiger partial charge in [0.05, 0.1) is 6.54 Å². The second kappa shape index (κ2) is 4.89. The fourth-order valence-corrected chi connectivity index (χ4v) is 1.21. The van der Waals surface area contributed by atoms with E-state index in [4.69, 9.17) is 4.74 Å². The number of hydrogen-bond donors (Lipinski definition) is 1. The fraction of sp³-hybridized carbons (Fsp3) is 0.455. The molecule has 1 aromatic heterocycles. The minimum absolute atomic E-state index is 0.203. The molecule has 15 heavy (non-hydrogen) atoms. The maximum Gasteiger partial charge on any atom is 0.320 e. The van der Waals surface area contributed by atoms with E-state index < -0.39 is 0 Å². The zero-order valence-electron chi connectivity index (χ0n) is 8.48. The molecular weight excluding hydrogens is 192 g/mol. The predicted octanol–water partition coefficient (Wildman–Crippen LogP) is 0.877. The summed E-state index contributed by atoms with van der Waals surface area (Å²) in [5.41, 5.74) is 0.914. The van der Waals surface area contributed by atoms with Crippen LogP contribution < -0.4 is 5.32 Å². The summed E-state index contributed by atoms with van der Waals surface area (Å²) in [5, 5.41) is 3.10. The lowest BCUT2D eigenvalue weighted by Gasteiger charge is -2.04. The van der Waals surface area contributed by atoms with Crippen molar-refractivity contribution in [1.29, 1.82) is 0 Å². The number of carbonyl (C=O) groups excluding carboxylic acids is 1. The molecule has 0 aromatic carbocycles. The highest BCUT2D eigenvalue weighted by Gasteiger charge is 2.21. The molecule has 0 amide bonds. The normalized spacial score (nSPS) is 14.9. The molecule has 0 radical (unpaired) electrons. The number of carbonyl (C=O) groups is 1. The highest BCUT2D eigenvalue weighted by atomic mass is 16.5. The summed E-state index contributed by atoms with van der Waals surface area (Å²) in [6.45, 7) is 0.615. The number of esters is 1. The highest BCUT2D eigenvalue weighted by Crippen LogP contribution is 2.18. The van der Waals surface area contributed by atoms with Crippen LogP contribution in [0.4, 0.5) is 0 Å². The Kier molecular flexibility index (Phi) is 3.29. The van der Waals surface area contributed by atoms with Crippen LogP contribution in [0.5, 0.6) is 0 Å². The molecule has 1 saturated carbocycles. The number of rotatable bonds is 5. The lowest BCUT2D eigenvalue weighted by Crippen LogP contribution is -2.26. The van der Waals surface area contributed by atoms with Crippen LogP contribution in [0.15, 0.2) is 24.5 Å². The molecule has 0 spiro atoms. The van der Waals surface area contributed by atoms with Gasteiger partial charge in [0.25, 0.3) is 0 Å². The Morgan fingerprint density at radius 1 is 1.60 bits per heavy atom. The first kappa shape index (κ1) is 10.1. The Bertz CT molecular complexity index is 323. The minimum atomic E-state index is -0.203. The molecule has 2 rings (SSSR count). The van der Waals surface area contributed by atoms with E-state index in [1.165, 1.54) is 12.8 Å². The second-order valence-corrected chi connectivity index (χ2v) is 3.68. The van der Waals surface area contributed by atoms with Crippen LogP contribution in [-0.2, 0) is 16.1 Å². The summed E-state index contributed by atoms with van der Waals surface area (Å²) >= 11 is 0. The SMILES string of the molecule is O=C(CNC1CC1)OCc1cccnc1. The van der Waals surface area contributed by atoms with Crippen molar-refractivity contribution in [2.75, 3.05) is 6.54 Å². The highest BCUT2D eigenvalue weighted by molar-refractivity contribution is 5.71. The van der Waals surface area contributed by atoms with E-state index in [1.54, 1.807) is 12.4 Å². The molecule has 4 heteroatoms. The lowest BCUT2D eigenvalue weighted by atomic mass is 10.3. The van der Waals surface area contributed by atoms with Gasteiger partial charge >= 0.3 is 5.97 Å². The van der Waals surface area contributed by atoms with Gasteiger partial charge in [0.15, 0.2) is 0 Å². The molecule has 0 unspecified atom stereocenters. The molecule has 1 N–H and O–H groups in total. The molecule has 1 heterocycles. The van der Waals surface area contributed by atoms with E-state index in [1.807, 2.05) is 12.1 Å². The molecule has 1 aromatic rings. The van der Waals surface area contributed by atoms with Crippen LogP contribution in [-0.4, -0.2) is 23.5 Å². The van der Waals surface area contributed by atoms with Crippen LogP contribution in [0.2, 0.25) is 0 Å². The Morgan fingerprint density at radius 2 is 2.47 bits per heavy atom.